The zero-order valence-electron chi connectivity index (χ0n) is 21.5. The summed E-state index contributed by atoms with van der Waals surface area (Å²) in [6.07, 6.45) is 27.1. The molecular formula is C31H48N2. The highest BCUT2D eigenvalue weighted by Gasteiger charge is 2.21. The number of unbranched alkanes of at least 4 members (excludes halogenated alkanes) is 7. The van der Waals surface area contributed by atoms with Crippen molar-refractivity contribution in [1.82, 2.24) is 9.97 Å². The Balaban J connectivity index is 1.43. The Morgan fingerprint density at radius 2 is 1.36 bits per heavy atom. The van der Waals surface area contributed by atoms with Crippen LogP contribution in [0, 0.1) is 11.8 Å². The lowest BCUT2D eigenvalue weighted by molar-refractivity contribution is 0.248. The number of hydrogen-bond donors (Lipinski definition) is 0. The molecule has 0 saturated heterocycles. The second-order valence-corrected chi connectivity index (χ2v) is 10.5. The number of aryl methyl sites for hydroxylation is 2. The van der Waals surface area contributed by atoms with E-state index in [0.717, 1.165) is 24.7 Å². The molecule has 0 amide bonds. The summed E-state index contributed by atoms with van der Waals surface area (Å²) in [5.74, 6) is 1.89. The summed E-state index contributed by atoms with van der Waals surface area (Å²) in [6, 6.07) is 8.86. The van der Waals surface area contributed by atoms with Gasteiger partial charge >= 0.3 is 0 Å². The van der Waals surface area contributed by atoms with Crippen molar-refractivity contribution in [2.45, 2.75) is 123 Å². The molecule has 1 aromatic heterocycles. The molecule has 1 saturated carbocycles. The van der Waals surface area contributed by atoms with Crippen molar-refractivity contribution in [3.05, 3.63) is 47.9 Å². The van der Waals surface area contributed by atoms with Crippen LogP contribution in [0.4, 0.5) is 0 Å². The van der Waals surface area contributed by atoms with Crippen LogP contribution in [0.15, 0.2) is 36.8 Å². The molecule has 182 valence electrons. The monoisotopic (exact) mass is 448 g/mol. The van der Waals surface area contributed by atoms with Gasteiger partial charge in [-0.1, -0.05) is 122 Å². The molecule has 1 fully saturated rings. The number of hydrogen-bond acceptors (Lipinski definition) is 2. The van der Waals surface area contributed by atoms with Crippen molar-refractivity contribution >= 4 is 0 Å². The molecule has 1 aliphatic carbocycles. The number of rotatable bonds is 15. The van der Waals surface area contributed by atoms with E-state index in [-0.39, 0.29) is 0 Å². The molecule has 0 bridgehead atoms. The third-order valence-electron chi connectivity index (χ3n) is 7.86. The van der Waals surface area contributed by atoms with Gasteiger partial charge in [-0.15, -0.1) is 0 Å². The Labute approximate surface area is 204 Å². The van der Waals surface area contributed by atoms with E-state index in [1.54, 1.807) is 6.33 Å². The van der Waals surface area contributed by atoms with Crippen molar-refractivity contribution in [1.29, 1.82) is 0 Å². The largest absolute Gasteiger partial charge is 0.244 e. The molecule has 1 aliphatic rings. The lowest BCUT2D eigenvalue weighted by Crippen LogP contribution is -2.15. The van der Waals surface area contributed by atoms with E-state index in [4.69, 9.17) is 4.98 Å². The molecule has 0 aliphatic heterocycles. The van der Waals surface area contributed by atoms with E-state index < -0.39 is 0 Å². The summed E-state index contributed by atoms with van der Waals surface area (Å²) in [4.78, 5) is 9.14. The summed E-state index contributed by atoms with van der Waals surface area (Å²) in [5.41, 5.74) is 5.27. The maximum absolute atomic E-state index is 4.75. The van der Waals surface area contributed by atoms with E-state index >= 15 is 0 Å². The second-order valence-electron chi connectivity index (χ2n) is 10.5. The van der Waals surface area contributed by atoms with Gasteiger partial charge in [0.25, 0.3) is 0 Å². The molecule has 0 radical (unpaired) electrons. The van der Waals surface area contributed by atoms with E-state index in [2.05, 4.69) is 49.3 Å². The second kappa shape index (κ2) is 15.3. The van der Waals surface area contributed by atoms with Crippen LogP contribution in [0.2, 0.25) is 0 Å². The minimum Gasteiger partial charge on any atom is -0.244 e. The molecule has 2 nitrogen and oxygen atoms in total. The molecule has 1 heterocycles. The van der Waals surface area contributed by atoms with E-state index in [0.29, 0.717) is 0 Å². The zero-order valence-corrected chi connectivity index (χ0v) is 21.5. The van der Waals surface area contributed by atoms with Gasteiger partial charge in [0.2, 0.25) is 0 Å². The van der Waals surface area contributed by atoms with Crippen molar-refractivity contribution in [2.24, 2.45) is 11.8 Å². The Kier molecular flexibility index (Phi) is 12.0. The maximum atomic E-state index is 4.75. The van der Waals surface area contributed by atoms with Gasteiger partial charge in [-0.2, -0.15) is 0 Å². The van der Waals surface area contributed by atoms with Crippen LogP contribution in [0.25, 0.3) is 11.3 Å². The Bertz CT molecular complexity index is 776. The predicted molar refractivity (Wildman–Crippen MR) is 142 cm³/mol. The van der Waals surface area contributed by atoms with Gasteiger partial charge in [-0.05, 0) is 48.6 Å². The van der Waals surface area contributed by atoms with Gasteiger partial charge in [0.05, 0.1) is 5.69 Å². The minimum absolute atomic E-state index is 0.888. The van der Waals surface area contributed by atoms with Gasteiger partial charge in [0, 0.05) is 11.8 Å². The average molecular weight is 449 g/mol. The van der Waals surface area contributed by atoms with Crippen LogP contribution in [-0.4, -0.2) is 9.97 Å². The quantitative estimate of drug-likeness (QED) is 0.254. The average Bonchev–Trinajstić information content (AvgIpc) is 2.87. The minimum atomic E-state index is 0.888. The van der Waals surface area contributed by atoms with Gasteiger partial charge in [-0.3, -0.25) is 0 Å². The predicted octanol–water partition coefficient (Wildman–Crippen LogP) is 9.37. The van der Waals surface area contributed by atoms with Crippen LogP contribution in [0.3, 0.4) is 0 Å². The highest BCUT2D eigenvalue weighted by atomic mass is 14.8. The van der Waals surface area contributed by atoms with Gasteiger partial charge in [0.1, 0.15) is 6.33 Å². The molecule has 1 aromatic carbocycles. The first-order valence-corrected chi connectivity index (χ1v) is 14.2. The third kappa shape index (κ3) is 8.87. The van der Waals surface area contributed by atoms with Crippen LogP contribution >= 0.6 is 0 Å². The smallest absolute Gasteiger partial charge is 0.116 e. The molecule has 0 atom stereocenters. The fourth-order valence-corrected chi connectivity index (χ4v) is 5.68. The van der Waals surface area contributed by atoms with E-state index in [1.165, 1.54) is 119 Å². The summed E-state index contributed by atoms with van der Waals surface area (Å²) < 4.78 is 0. The summed E-state index contributed by atoms with van der Waals surface area (Å²) in [7, 11) is 0. The first kappa shape index (κ1) is 25.9. The first-order valence-electron chi connectivity index (χ1n) is 14.2. The Morgan fingerprint density at radius 3 is 2.12 bits per heavy atom. The fourth-order valence-electron chi connectivity index (χ4n) is 5.68. The molecule has 3 rings (SSSR count). The van der Waals surface area contributed by atoms with Gasteiger partial charge in [-0.25, -0.2) is 9.97 Å². The molecule has 33 heavy (non-hydrogen) atoms. The molecule has 2 heteroatoms. The highest BCUT2D eigenvalue weighted by Crippen LogP contribution is 2.35. The third-order valence-corrected chi connectivity index (χ3v) is 7.86. The number of nitrogens with zero attached hydrogens (tertiary/aromatic N) is 2. The molecule has 0 N–H and O–H groups in total. The van der Waals surface area contributed by atoms with Crippen molar-refractivity contribution in [2.75, 3.05) is 0 Å². The van der Waals surface area contributed by atoms with E-state index in [1.807, 2.05) is 0 Å². The molecule has 0 spiro atoms. The summed E-state index contributed by atoms with van der Waals surface area (Å²) in [5, 5.41) is 0. The van der Waals surface area contributed by atoms with Crippen LogP contribution in [0.1, 0.15) is 121 Å². The maximum Gasteiger partial charge on any atom is 0.116 e. The normalized spacial score (nSPS) is 18.5. The Morgan fingerprint density at radius 1 is 0.697 bits per heavy atom. The first-order chi connectivity index (χ1) is 16.3. The number of benzene rings is 1. The van der Waals surface area contributed by atoms with Crippen molar-refractivity contribution in [3.63, 3.8) is 0 Å². The molecule has 0 unspecified atom stereocenters. The SMILES string of the molecule is CCCCCCCCCC1CCC(CCc2cncnc2-c2ccccc2CCCC)CC1. The fraction of sp³-hybridized carbons (Fsp3) is 0.677. The van der Waals surface area contributed by atoms with Crippen molar-refractivity contribution < 1.29 is 0 Å². The van der Waals surface area contributed by atoms with Crippen LogP contribution in [0.5, 0.6) is 0 Å². The molecule has 2 aromatic rings. The van der Waals surface area contributed by atoms with Crippen LogP contribution < -0.4 is 0 Å². The van der Waals surface area contributed by atoms with Crippen LogP contribution in [-0.2, 0) is 12.8 Å². The summed E-state index contributed by atoms with van der Waals surface area (Å²) in [6.45, 7) is 4.57. The highest BCUT2D eigenvalue weighted by molar-refractivity contribution is 5.66. The lowest BCUT2D eigenvalue weighted by atomic mass is 9.77. The van der Waals surface area contributed by atoms with Gasteiger partial charge in [0.15, 0.2) is 0 Å². The Hall–Kier alpha value is -1.70. The lowest BCUT2D eigenvalue weighted by Gasteiger charge is -2.28. The van der Waals surface area contributed by atoms with Crippen molar-refractivity contribution in [3.8, 4) is 11.3 Å². The van der Waals surface area contributed by atoms with E-state index in [9.17, 15) is 0 Å². The number of aromatic nitrogens is 2. The zero-order chi connectivity index (χ0) is 23.1. The van der Waals surface area contributed by atoms with Gasteiger partial charge < -0.3 is 0 Å². The topological polar surface area (TPSA) is 25.8 Å². The molecular weight excluding hydrogens is 400 g/mol. The summed E-state index contributed by atoms with van der Waals surface area (Å²) >= 11 is 0. The standard InChI is InChI=1S/C31H48N2/c1-3-5-7-8-9-10-11-14-26-18-20-27(21-19-26)22-23-29-24-32-25-33-31(29)30-17-13-12-16-28(30)15-6-4-2/h12-13,16-17,24-27H,3-11,14-15,18-23H2,1-2H3.